The van der Waals surface area contributed by atoms with Crippen molar-refractivity contribution in [2.24, 2.45) is 0 Å². The summed E-state index contributed by atoms with van der Waals surface area (Å²) in [4.78, 5) is 17.7. The summed E-state index contributed by atoms with van der Waals surface area (Å²) in [5.41, 5.74) is 3.11. The number of nitrogens with zero attached hydrogens (tertiary/aromatic N) is 1. The number of rotatable bonds is 3. The number of hydrogen-bond acceptors (Lipinski definition) is 2. The minimum atomic E-state index is 0.470. The van der Waals surface area contributed by atoms with E-state index in [2.05, 4.69) is 9.97 Å². The average Bonchev–Trinajstić information content (AvgIpc) is 2.67. The fourth-order valence-electron chi connectivity index (χ4n) is 1.45. The van der Waals surface area contributed by atoms with Gasteiger partial charge >= 0.3 is 0 Å². The zero-order valence-electron chi connectivity index (χ0n) is 8.53. The lowest BCUT2D eigenvalue weighted by Gasteiger charge is -1.98. The molecule has 1 aromatic carbocycles. The molecule has 0 atom stereocenters. The van der Waals surface area contributed by atoms with Crippen LogP contribution in [0.15, 0.2) is 30.5 Å². The summed E-state index contributed by atoms with van der Waals surface area (Å²) >= 11 is 0. The van der Waals surface area contributed by atoms with Crippen molar-refractivity contribution >= 4 is 6.29 Å². The molecular formula is C12H12N2O. The van der Waals surface area contributed by atoms with Crippen LogP contribution in [0, 0.1) is 6.92 Å². The molecule has 0 unspecified atom stereocenters. The van der Waals surface area contributed by atoms with Gasteiger partial charge in [0, 0.05) is 23.9 Å². The van der Waals surface area contributed by atoms with Gasteiger partial charge in [-0.15, -0.1) is 0 Å². The van der Waals surface area contributed by atoms with Crippen molar-refractivity contribution in [2.45, 2.75) is 13.3 Å². The quantitative estimate of drug-likeness (QED) is 0.771. The maximum atomic E-state index is 10.3. The Labute approximate surface area is 88.2 Å². The number of aromatic amines is 1. The van der Waals surface area contributed by atoms with Gasteiger partial charge in [0.25, 0.3) is 0 Å². The van der Waals surface area contributed by atoms with Crippen LogP contribution in [0.25, 0.3) is 11.4 Å². The molecule has 2 aromatic rings. The summed E-state index contributed by atoms with van der Waals surface area (Å²) in [5.74, 6) is 0.866. The lowest BCUT2D eigenvalue weighted by molar-refractivity contribution is -0.107. The third-order valence-corrected chi connectivity index (χ3v) is 2.25. The van der Waals surface area contributed by atoms with Crippen LogP contribution in [-0.2, 0) is 11.2 Å². The van der Waals surface area contributed by atoms with Crippen molar-refractivity contribution in [3.05, 3.63) is 41.7 Å². The molecule has 2 rings (SSSR count). The van der Waals surface area contributed by atoms with Crippen LogP contribution in [-0.4, -0.2) is 16.3 Å². The molecule has 0 bridgehead atoms. The Balaban J connectivity index is 2.27. The molecule has 3 heteroatoms. The van der Waals surface area contributed by atoms with E-state index in [0.717, 1.165) is 28.9 Å². The van der Waals surface area contributed by atoms with E-state index in [1.54, 1.807) is 6.20 Å². The van der Waals surface area contributed by atoms with Gasteiger partial charge in [0.1, 0.15) is 12.1 Å². The average molecular weight is 200 g/mol. The maximum absolute atomic E-state index is 10.3. The Morgan fingerprint density at radius 1 is 1.33 bits per heavy atom. The Hall–Kier alpha value is -1.90. The highest BCUT2D eigenvalue weighted by molar-refractivity contribution is 5.59. The molecule has 0 fully saturated rings. The second-order valence-electron chi connectivity index (χ2n) is 3.48. The van der Waals surface area contributed by atoms with Crippen molar-refractivity contribution in [1.82, 2.24) is 9.97 Å². The summed E-state index contributed by atoms with van der Waals surface area (Å²) in [6.45, 7) is 1.97. The van der Waals surface area contributed by atoms with Crippen LogP contribution in [0.5, 0.6) is 0 Å². The minimum Gasteiger partial charge on any atom is -0.342 e. The van der Waals surface area contributed by atoms with E-state index in [1.807, 2.05) is 31.2 Å². The lowest BCUT2D eigenvalue weighted by atomic mass is 10.1. The van der Waals surface area contributed by atoms with Crippen LogP contribution in [0.1, 0.15) is 11.3 Å². The van der Waals surface area contributed by atoms with Crippen molar-refractivity contribution in [3.63, 3.8) is 0 Å². The highest BCUT2D eigenvalue weighted by Gasteiger charge is 2.00. The maximum Gasteiger partial charge on any atom is 0.137 e. The van der Waals surface area contributed by atoms with Gasteiger partial charge < -0.3 is 9.78 Å². The number of hydrogen-bond donors (Lipinski definition) is 1. The van der Waals surface area contributed by atoms with E-state index in [0.29, 0.717) is 6.42 Å². The molecule has 76 valence electrons. The van der Waals surface area contributed by atoms with E-state index in [1.165, 1.54) is 0 Å². The monoisotopic (exact) mass is 200 g/mol. The molecule has 0 spiro atoms. The predicted molar refractivity (Wildman–Crippen MR) is 58.5 cm³/mol. The second kappa shape index (κ2) is 4.09. The van der Waals surface area contributed by atoms with E-state index in [4.69, 9.17) is 0 Å². The van der Waals surface area contributed by atoms with Gasteiger partial charge in [0.2, 0.25) is 0 Å². The summed E-state index contributed by atoms with van der Waals surface area (Å²) < 4.78 is 0. The van der Waals surface area contributed by atoms with E-state index >= 15 is 0 Å². The molecule has 15 heavy (non-hydrogen) atoms. The van der Waals surface area contributed by atoms with Gasteiger partial charge in [0.05, 0.1) is 0 Å². The number of H-pyrrole nitrogens is 1. The zero-order chi connectivity index (χ0) is 10.7. The first kappa shape index (κ1) is 9.65. The Kier molecular flexibility index (Phi) is 2.63. The Morgan fingerprint density at radius 2 is 2.07 bits per heavy atom. The SMILES string of the molecule is Cc1cnc(-c2ccc(CC=O)cc2)[nH]1. The first-order chi connectivity index (χ1) is 7.29. The topological polar surface area (TPSA) is 45.8 Å². The summed E-state index contributed by atoms with van der Waals surface area (Å²) in [5, 5.41) is 0. The molecule has 0 aliphatic heterocycles. The molecule has 0 aliphatic carbocycles. The van der Waals surface area contributed by atoms with Crippen molar-refractivity contribution in [3.8, 4) is 11.4 Å². The fourth-order valence-corrected chi connectivity index (χ4v) is 1.45. The summed E-state index contributed by atoms with van der Waals surface area (Å²) in [7, 11) is 0. The van der Waals surface area contributed by atoms with Gasteiger partial charge in [-0.3, -0.25) is 0 Å². The molecule has 3 nitrogen and oxygen atoms in total. The van der Waals surface area contributed by atoms with Crippen LogP contribution in [0.4, 0.5) is 0 Å². The minimum absolute atomic E-state index is 0.470. The Morgan fingerprint density at radius 3 is 2.60 bits per heavy atom. The van der Waals surface area contributed by atoms with E-state index in [-0.39, 0.29) is 0 Å². The smallest absolute Gasteiger partial charge is 0.137 e. The molecule has 1 N–H and O–H groups in total. The first-order valence-corrected chi connectivity index (χ1v) is 4.84. The molecule has 0 saturated carbocycles. The summed E-state index contributed by atoms with van der Waals surface area (Å²) in [6, 6.07) is 7.83. The zero-order valence-corrected chi connectivity index (χ0v) is 8.53. The van der Waals surface area contributed by atoms with E-state index in [9.17, 15) is 4.79 Å². The van der Waals surface area contributed by atoms with Crippen LogP contribution in [0.3, 0.4) is 0 Å². The van der Waals surface area contributed by atoms with Gasteiger partial charge in [0.15, 0.2) is 0 Å². The number of aldehydes is 1. The van der Waals surface area contributed by atoms with Gasteiger partial charge in [-0.05, 0) is 12.5 Å². The van der Waals surface area contributed by atoms with Crippen molar-refractivity contribution < 1.29 is 4.79 Å². The van der Waals surface area contributed by atoms with Crippen LogP contribution < -0.4 is 0 Å². The molecule has 1 heterocycles. The predicted octanol–water partition coefficient (Wildman–Crippen LogP) is 2.13. The molecule has 1 aromatic heterocycles. The third-order valence-electron chi connectivity index (χ3n) is 2.25. The normalized spacial score (nSPS) is 10.2. The first-order valence-electron chi connectivity index (χ1n) is 4.84. The molecular weight excluding hydrogens is 188 g/mol. The number of carbonyl (C=O) groups is 1. The molecule has 0 amide bonds. The van der Waals surface area contributed by atoms with Gasteiger partial charge in [-0.25, -0.2) is 4.98 Å². The van der Waals surface area contributed by atoms with Crippen molar-refractivity contribution in [2.75, 3.05) is 0 Å². The second-order valence-corrected chi connectivity index (χ2v) is 3.48. The number of aromatic nitrogens is 2. The highest BCUT2D eigenvalue weighted by Crippen LogP contribution is 2.16. The summed E-state index contributed by atoms with van der Waals surface area (Å²) in [6.07, 6.45) is 3.18. The highest BCUT2D eigenvalue weighted by atomic mass is 16.1. The largest absolute Gasteiger partial charge is 0.342 e. The number of nitrogens with one attached hydrogen (secondary N) is 1. The standard InChI is InChI=1S/C12H12N2O/c1-9-8-13-12(14-9)11-4-2-10(3-5-11)6-7-15/h2-5,7-8H,6H2,1H3,(H,13,14). The van der Waals surface area contributed by atoms with E-state index < -0.39 is 0 Å². The molecule has 0 radical (unpaired) electrons. The van der Waals surface area contributed by atoms with Crippen LogP contribution >= 0.6 is 0 Å². The molecule has 0 aliphatic rings. The third kappa shape index (κ3) is 2.13. The number of aryl methyl sites for hydroxylation is 1. The lowest BCUT2D eigenvalue weighted by Crippen LogP contribution is -1.86. The van der Waals surface area contributed by atoms with Gasteiger partial charge in [-0.2, -0.15) is 0 Å². The fraction of sp³-hybridized carbons (Fsp3) is 0.167. The Bertz CT molecular complexity index is 457. The van der Waals surface area contributed by atoms with Gasteiger partial charge in [-0.1, -0.05) is 24.3 Å². The number of benzene rings is 1. The molecule has 0 saturated heterocycles. The van der Waals surface area contributed by atoms with Crippen LogP contribution in [0.2, 0.25) is 0 Å². The number of imidazole rings is 1. The van der Waals surface area contributed by atoms with Crippen molar-refractivity contribution in [1.29, 1.82) is 0 Å². The number of carbonyl (C=O) groups excluding carboxylic acids is 1.